The highest BCUT2D eigenvalue weighted by atomic mass is 16.3. The van der Waals surface area contributed by atoms with Gasteiger partial charge in [0.2, 0.25) is 0 Å². The van der Waals surface area contributed by atoms with E-state index in [0.717, 1.165) is 12.8 Å². The summed E-state index contributed by atoms with van der Waals surface area (Å²) in [6.07, 6.45) is 1.66. The van der Waals surface area contributed by atoms with Crippen LogP contribution in [0.2, 0.25) is 0 Å². The van der Waals surface area contributed by atoms with Gasteiger partial charge in [-0.05, 0) is 25.3 Å². The fourth-order valence-electron chi connectivity index (χ4n) is 2.26. The summed E-state index contributed by atoms with van der Waals surface area (Å²) < 4.78 is 0. The number of rotatable bonds is 4. The molecular weight excluding hydrogens is 172 g/mol. The van der Waals surface area contributed by atoms with Crippen molar-refractivity contribution in [3.05, 3.63) is 35.9 Å². The lowest BCUT2D eigenvalue weighted by Gasteiger charge is -2.35. The molecule has 0 heterocycles. The summed E-state index contributed by atoms with van der Waals surface area (Å²) in [4.78, 5) is 0. The molecule has 0 fully saturated rings. The van der Waals surface area contributed by atoms with E-state index >= 15 is 0 Å². The van der Waals surface area contributed by atoms with Crippen molar-refractivity contribution in [2.45, 2.75) is 45.1 Å². The van der Waals surface area contributed by atoms with Gasteiger partial charge in [0.15, 0.2) is 0 Å². The first kappa shape index (κ1) is 11.3. The van der Waals surface area contributed by atoms with Gasteiger partial charge in [-0.3, -0.25) is 0 Å². The molecule has 0 aliphatic heterocycles. The molecule has 0 aliphatic carbocycles. The summed E-state index contributed by atoms with van der Waals surface area (Å²) in [7, 11) is 0. The molecule has 0 amide bonds. The summed E-state index contributed by atoms with van der Waals surface area (Å²) >= 11 is 0. The molecule has 1 rings (SSSR count). The average molecular weight is 192 g/mol. The largest absolute Gasteiger partial charge is 0.392 e. The van der Waals surface area contributed by atoms with E-state index in [4.69, 9.17) is 0 Å². The molecule has 0 bridgehead atoms. The number of aliphatic hydroxyl groups is 1. The third-order valence-corrected chi connectivity index (χ3v) is 3.41. The highest BCUT2D eigenvalue weighted by Gasteiger charge is 2.33. The van der Waals surface area contributed by atoms with Crippen LogP contribution in [0, 0.1) is 0 Å². The molecule has 78 valence electrons. The van der Waals surface area contributed by atoms with Gasteiger partial charge >= 0.3 is 0 Å². The Morgan fingerprint density at radius 1 is 1.14 bits per heavy atom. The van der Waals surface area contributed by atoms with E-state index in [-0.39, 0.29) is 11.5 Å². The van der Waals surface area contributed by atoms with Gasteiger partial charge in [0, 0.05) is 5.41 Å². The number of benzene rings is 1. The van der Waals surface area contributed by atoms with Gasteiger partial charge in [-0.15, -0.1) is 0 Å². The molecule has 0 radical (unpaired) electrons. The van der Waals surface area contributed by atoms with Crippen LogP contribution in [0.3, 0.4) is 0 Å². The predicted octanol–water partition coefficient (Wildman–Crippen LogP) is 3.13. The van der Waals surface area contributed by atoms with Crippen molar-refractivity contribution in [3.8, 4) is 0 Å². The second-order valence-corrected chi connectivity index (χ2v) is 3.91. The Bertz CT molecular complexity index is 260. The van der Waals surface area contributed by atoms with Crippen molar-refractivity contribution < 1.29 is 5.11 Å². The molecule has 1 nitrogen and oxygen atoms in total. The van der Waals surface area contributed by atoms with Crippen LogP contribution in [0.4, 0.5) is 0 Å². The molecule has 1 unspecified atom stereocenters. The van der Waals surface area contributed by atoms with E-state index < -0.39 is 0 Å². The molecule has 1 atom stereocenters. The zero-order valence-electron chi connectivity index (χ0n) is 9.33. The van der Waals surface area contributed by atoms with Crippen LogP contribution < -0.4 is 0 Å². The molecule has 1 heteroatoms. The molecule has 1 aromatic carbocycles. The SMILES string of the molecule is CCC(CC)(c1ccccc1)C(C)O. The normalized spacial score (nSPS) is 14.0. The van der Waals surface area contributed by atoms with Gasteiger partial charge in [-0.25, -0.2) is 0 Å². The summed E-state index contributed by atoms with van der Waals surface area (Å²) in [6.45, 7) is 6.17. The highest BCUT2D eigenvalue weighted by Crippen LogP contribution is 2.34. The summed E-state index contributed by atoms with van der Waals surface area (Å²) in [6, 6.07) is 10.3. The van der Waals surface area contributed by atoms with Crippen molar-refractivity contribution in [3.63, 3.8) is 0 Å². The third-order valence-electron chi connectivity index (χ3n) is 3.41. The van der Waals surface area contributed by atoms with Crippen molar-refractivity contribution in [1.29, 1.82) is 0 Å². The highest BCUT2D eigenvalue weighted by molar-refractivity contribution is 5.26. The van der Waals surface area contributed by atoms with Gasteiger partial charge in [-0.2, -0.15) is 0 Å². The zero-order valence-corrected chi connectivity index (χ0v) is 9.33. The minimum absolute atomic E-state index is 0.0682. The number of hydrogen-bond donors (Lipinski definition) is 1. The monoisotopic (exact) mass is 192 g/mol. The number of aliphatic hydroxyl groups excluding tert-OH is 1. The first-order valence-electron chi connectivity index (χ1n) is 5.41. The average Bonchev–Trinajstić information content (AvgIpc) is 2.22. The topological polar surface area (TPSA) is 20.2 Å². The van der Waals surface area contributed by atoms with E-state index in [9.17, 15) is 5.11 Å². The lowest BCUT2D eigenvalue weighted by molar-refractivity contribution is 0.0896. The third kappa shape index (κ3) is 1.83. The summed E-state index contributed by atoms with van der Waals surface area (Å²) in [5.74, 6) is 0. The standard InChI is InChI=1S/C13H20O/c1-4-13(5-2,11(3)14)12-9-7-6-8-10-12/h6-11,14H,4-5H2,1-3H3. The molecular formula is C13H20O. The molecule has 0 spiro atoms. The minimum Gasteiger partial charge on any atom is -0.392 e. The Morgan fingerprint density at radius 2 is 1.64 bits per heavy atom. The fourth-order valence-corrected chi connectivity index (χ4v) is 2.26. The van der Waals surface area contributed by atoms with Crippen LogP contribution in [0.1, 0.15) is 39.2 Å². The van der Waals surface area contributed by atoms with Gasteiger partial charge in [0.25, 0.3) is 0 Å². The van der Waals surface area contributed by atoms with Gasteiger partial charge in [0.1, 0.15) is 0 Å². The predicted molar refractivity (Wildman–Crippen MR) is 60.4 cm³/mol. The van der Waals surface area contributed by atoms with Crippen LogP contribution >= 0.6 is 0 Å². The molecule has 0 saturated carbocycles. The maximum atomic E-state index is 9.92. The molecule has 0 aliphatic rings. The van der Waals surface area contributed by atoms with E-state index in [2.05, 4.69) is 26.0 Å². The van der Waals surface area contributed by atoms with Crippen molar-refractivity contribution >= 4 is 0 Å². The van der Waals surface area contributed by atoms with Crippen LogP contribution in [0.5, 0.6) is 0 Å². The number of hydrogen-bond acceptors (Lipinski definition) is 1. The minimum atomic E-state index is -0.292. The fraction of sp³-hybridized carbons (Fsp3) is 0.538. The maximum absolute atomic E-state index is 9.92. The Morgan fingerprint density at radius 3 is 2.00 bits per heavy atom. The molecule has 1 N–H and O–H groups in total. The van der Waals surface area contributed by atoms with Crippen molar-refractivity contribution in [2.75, 3.05) is 0 Å². The Kier molecular flexibility index (Phi) is 3.70. The zero-order chi connectivity index (χ0) is 10.6. The Balaban J connectivity index is 3.11. The van der Waals surface area contributed by atoms with Crippen LogP contribution in [-0.2, 0) is 5.41 Å². The van der Waals surface area contributed by atoms with Gasteiger partial charge in [0.05, 0.1) is 6.10 Å². The van der Waals surface area contributed by atoms with E-state index in [0.29, 0.717) is 0 Å². The second kappa shape index (κ2) is 4.61. The van der Waals surface area contributed by atoms with Crippen molar-refractivity contribution in [2.24, 2.45) is 0 Å². The van der Waals surface area contributed by atoms with Crippen LogP contribution in [0.25, 0.3) is 0 Å². The smallest absolute Gasteiger partial charge is 0.0608 e. The lowest BCUT2D eigenvalue weighted by atomic mass is 9.72. The molecule has 0 saturated heterocycles. The van der Waals surface area contributed by atoms with Gasteiger partial charge in [-0.1, -0.05) is 44.2 Å². The van der Waals surface area contributed by atoms with Crippen molar-refractivity contribution in [1.82, 2.24) is 0 Å². The summed E-state index contributed by atoms with van der Waals surface area (Å²) in [5.41, 5.74) is 1.18. The molecule has 14 heavy (non-hydrogen) atoms. The Hall–Kier alpha value is -0.820. The van der Waals surface area contributed by atoms with E-state index in [1.165, 1.54) is 5.56 Å². The van der Waals surface area contributed by atoms with Gasteiger partial charge < -0.3 is 5.11 Å². The first-order valence-corrected chi connectivity index (χ1v) is 5.41. The first-order chi connectivity index (χ1) is 6.67. The van der Waals surface area contributed by atoms with Crippen LogP contribution in [0.15, 0.2) is 30.3 Å². The van der Waals surface area contributed by atoms with Crippen LogP contribution in [-0.4, -0.2) is 11.2 Å². The molecule has 0 aromatic heterocycles. The second-order valence-electron chi connectivity index (χ2n) is 3.91. The molecule has 1 aromatic rings. The lowest BCUT2D eigenvalue weighted by Crippen LogP contribution is -2.36. The van der Waals surface area contributed by atoms with E-state index in [1.54, 1.807) is 0 Å². The quantitative estimate of drug-likeness (QED) is 0.777. The van der Waals surface area contributed by atoms with E-state index in [1.807, 2.05) is 25.1 Å². The maximum Gasteiger partial charge on any atom is 0.0608 e. The summed E-state index contributed by atoms with van der Waals surface area (Å²) in [5, 5.41) is 9.92. The Labute approximate surface area is 86.8 Å².